The van der Waals surface area contributed by atoms with Crippen LogP contribution in [0.5, 0.6) is 0 Å². The molecule has 0 aromatic heterocycles. The van der Waals surface area contributed by atoms with Gasteiger partial charge in [0.25, 0.3) is 0 Å². The van der Waals surface area contributed by atoms with Gasteiger partial charge in [0.1, 0.15) is 0 Å². The fourth-order valence-corrected chi connectivity index (χ4v) is 0.404. The predicted molar refractivity (Wildman–Crippen MR) is 40.2 cm³/mol. The molecule has 0 aromatic carbocycles. The van der Waals surface area contributed by atoms with Crippen molar-refractivity contribution in [3.05, 3.63) is 24.0 Å². The van der Waals surface area contributed by atoms with E-state index in [9.17, 15) is 0 Å². The highest BCUT2D eigenvalue weighted by Crippen LogP contribution is 1.87. The molecule has 0 bridgehead atoms. The molecule has 0 atom stereocenters. The third-order valence-corrected chi connectivity index (χ3v) is 0.835. The molecule has 0 radical (unpaired) electrons. The van der Waals surface area contributed by atoms with E-state index in [2.05, 4.69) is 9.89 Å². The van der Waals surface area contributed by atoms with Gasteiger partial charge in [-0.15, -0.1) is 0 Å². The molecule has 0 fully saturated rings. The molecule has 3 heteroatoms. The summed E-state index contributed by atoms with van der Waals surface area (Å²) >= 11 is 0. The highest BCUT2D eigenvalue weighted by atomic mass is 16.5. The molecular weight excluding hydrogens is 130 g/mol. The van der Waals surface area contributed by atoms with E-state index < -0.39 is 0 Å². The average Bonchev–Trinajstić information content (AvgIpc) is 1.89. The molecule has 0 saturated heterocycles. The first-order valence-corrected chi connectivity index (χ1v) is 2.85. The first-order chi connectivity index (χ1) is 4.81. The Bertz CT molecular complexity index is 159. The van der Waals surface area contributed by atoms with Gasteiger partial charge in [0.2, 0.25) is 0 Å². The molecule has 0 aromatic rings. The number of allylic oxidation sites excluding steroid dienone is 3. The largest absolute Gasteiger partial charge is 0.504 e. The van der Waals surface area contributed by atoms with Gasteiger partial charge in [0.15, 0.2) is 0 Å². The number of rotatable bonds is 3. The minimum absolute atomic E-state index is 0.857. The molecule has 0 unspecified atom stereocenters. The quantitative estimate of drug-likeness (QED) is 0.213. The van der Waals surface area contributed by atoms with Gasteiger partial charge in [0.05, 0.1) is 19.6 Å². The summed E-state index contributed by atoms with van der Waals surface area (Å²) in [5.74, 6) is 0. The van der Waals surface area contributed by atoms with Crippen molar-refractivity contribution in [2.75, 3.05) is 7.11 Å². The number of hydrogen-bond donors (Lipinski definition) is 1. The molecule has 56 valence electrons. The first-order valence-electron chi connectivity index (χ1n) is 2.85. The molecule has 0 aliphatic heterocycles. The van der Waals surface area contributed by atoms with Gasteiger partial charge in [-0.05, 0) is 18.6 Å². The van der Waals surface area contributed by atoms with E-state index >= 15 is 0 Å². The van der Waals surface area contributed by atoms with Crippen LogP contribution >= 0.6 is 0 Å². The Morgan fingerprint density at radius 1 is 1.60 bits per heavy atom. The van der Waals surface area contributed by atoms with Gasteiger partial charge >= 0.3 is 0 Å². The third kappa shape index (κ3) is 4.90. The highest BCUT2D eigenvalue weighted by molar-refractivity contribution is 5.77. The normalized spacial score (nSPS) is 13.2. The molecule has 0 spiro atoms. The van der Waals surface area contributed by atoms with E-state index in [4.69, 9.17) is 5.21 Å². The van der Waals surface area contributed by atoms with Crippen LogP contribution in [0.4, 0.5) is 0 Å². The van der Waals surface area contributed by atoms with Gasteiger partial charge in [-0.3, -0.25) is 0 Å². The first kappa shape index (κ1) is 8.75. The summed E-state index contributed by atoms with van der Waals surface area (Å²) in [5.41, 5.74) is 0.857. The van der Waals surface area contributed by atoms with Gasteiger partial charge in [-0.25, -0.2) is 0 Å². The van der Waals surface area contributed by atoms with Crippen LogP contribution < -0.4 is 0 Å². The van der Waals surface area contributed by atoms with Crippen LogP contribution in [0.25, 0.3) is 0 Å². The van der Waals surface area contributed by atoms with E-state index in [1.54, 1.807) is 19.3 Å². The number of nitrogens with zero attached hydrogens (tertiary/aromatic N) is 1. The van der Waals surface area contributed by atoms with Crippen LogP contribution in [-0.4, -0.2) is 18.5 Å². The zero-order chi connectivity index (χ0) is 7.82. The van der Waals surface area contributed by atoms with Crippen molar-refractivity contribution in [2.24, 2.45) is 5.16 Å². The Balaban J connectivity index is 3.79. The van der Waals surface area contributed by atoms with Crippen LogP contribution in [-0.2, 0) is 4.74 Å². The minimum atomic E-state index is 0.857. The molecular formula is C7H11NO2. The van der Waals surface area contributed by atoms with E-state index in [0.717, 1.165) is 5.57 Å². The maximum atomic E-state index is 8.07. The van der Waals surface area contributed by atoms with Crippen LogP contribution in [0.15, 0.2) is 29.1 Å². The van der Waals surface area contributed by atoms with Crippen molar-refractivity contribution in [3.8, 4) is 0 Å². The molecule has 0 aliphatic rings. The van der Waals surface area contributed by atoms with Crippen LogP contribution in [0.3, 0.4) is 0 Å². The lowest BCUT2D eigenvalue weighted by Crippen LogP contribution is -1.74. The average molecular weight is 141 g/mol. The Morgan fingerprint density at radius 3 is 2.80 bits per heavy atom. The van der Waals surface area contributed by atoms with Crippen molar-refractivity contribution in [2.45, 2.75) is 6.92 Å². The summed E-state index contributed by atoms with van der Waals surface area (Å²) in [4.78, 5) is 0. The zero-order valence-corrected chi connectivity index (χ0v) is 6.11. The molecule has 0 saturated carbocycles. The zero-order valence-electron chi connectivity index (χ0n) is 6.11. The monoisotopic (exact) mass is 141 g/mol. The number of oxime groups is 1. The van der Waals surface area contributed by atoms with Crippen molar-refractivity contribution in [1.29, 1.82) is 0 Å². The van der Waals surface area contributed by atoms with Crippen LogP contribution in [0, 0.1) is 0 Å². The number of methoxy groups -OCH3 is 1. The Labute approximate surface area is 60.3 Å². The van der Waals surface area contributed by atoms with E-state index in [0.29, 0.717) is 0 Å². The number of hydrogen-bond acceptors (Lipinski definition) is 3. The second-order valence-electron chi connectivity index (χ2n) is 1.72. The van der Waals surface area contributed by atoms with E-state index in [1.807, 2.05) is 6.92 Å². The Morgan fingerprint density at radius 2 is 2.30 bits per heavy atom. The second kappa shape index (κ2) is 5.88. The van der Waals surface area contributed by atoms with Gasteiger partial charge < -0.3 is 9.94 Å². The predicted octanol–water partition coefficient (Wildman–Crippen LogP) is 1.55. The molecule has 0 heterocycles. The summed E-state index contributed by atoms with van der Waals surface area (Å²) in [6.07, 6.45) is 6.37. The molecule has 0 aliphatic carbocycles. The molecule has 0 rings (SSSR count). The second-order valence-corrected chi connectivity index (χ2v) is 1.72. The summed E-state index contributed by atoms with van der Waals surface area (Å²) in [6.45, 7) is 1.82. The SMILES string of the molecule is CO/C=C/C=C(C)\C=N\O. The van der Waals surface area contributed by atoms with Gasteiger partial charge in [0, 0.05) is 0 Å². The topological polar surface area (TPSA) is 41.8 Å². The highest BCUT2D eigenvalue weighted by Gasteiger charge is 1.76. The van der Waals surface area contributed by atoms with Crippen molar-refractivity contribution in [3.63, 3.8) is 0 Å². The molecule has 1 N–H and O–H groups in total. The summed E-state index contributed by atoms with van der Waals surface area (Å²) in [5, 5.41) is 10.9. The molecule has 0 amide bonds. The van der Waals surface area contributed by atoms with Gasteiger partial charge in [-0.2, -0.15) is 0 Å². The van der Waals surface area contributed by atoms with Crippen molar-refractivity contribution < 1.29 is 9.94 Å². The van der Waals surface area contributed by atoms with Crippen LogP contribution in [0.1, 0.15) is 6.92 Å². The Kier molecular flexibility index (Phi) is 5.14. The maximum absolute atomic E-state index is 8.07. The van der Waals surface area contributed by atoms with Gasteiger partial charge in [-0.1, -0.05) is 11.2 Å². The van der Waals surface area contributed by atoms with E-state index in [-0.39, 0.29) is 0 Å². The van der Waals surface area contributed by atoms with Crippen LogP contribution in [0.2, 0.25) is 0 Å². The maximum Gasteiger partial charge on any atom is 0.0824 e. The molecule has 10 heavy (non-hydrogen) atoms. The lowest BCUT2D eigenvalue weighted by atomic mass is 10.3. The fourth-order valence-electron chi connectivity index (χ4n) is 0.404. The molecule has 3 nitrogen and oxygen atoms in total. The third-order valence-electron chi connectivity index (χ3n) is 0.835. The Hall–Kier alpha value is -1.25. The lowest BCUT2D eigenvalue weighted by molar-refractivity contribution is 0.321. The summed E-state index contributed by atoms with van der Waals surface area (Å²) < 4.78 is 4.64. The minimum Gasteiger partial charge on any atom is -0.504 e. The summed E-state index contributed by atoms with van der Waals surface area (Å²) in [7, 11) is 1.57. The fraction of sp³-hybridized carbons (Fsp3) is 0.286. The lowest BCUT2D eigenvalue weighted by Gasteiger charge is -1.84. The van der Waals surface area contributed by atoms with Crippen molar-refractivity contribution >= 4 is 6.21 Å². The number of ether oxygens (including phenoxy) is 1. The standard InChI is InChI=1S/C7H11NO2/c1-7(6-8-9)4-3-5-10-2/h3-6,9H,1-2H3/b5-3+,7-4-,8-6+. The van der Waals surface area contributed by atoms with Crippen molar-refractivity contribution in [1.82, 2.24) is 0 Å². The van der Waals surface area contributed by atoms with E-state index in [1.165, 1.54) is 12.5 Å². The smallest absolute Gasteiger partial charge is 0.0824 e. The summed E-state index contributed by atoms with van der Waals surface area (Å²) in [6, 6.07) is 0.